The fourth-order valence-corrected chi connectivity index (χ4v) is 4.46. The number of anilines is 2. The third-order valence-corrected chi connectivity index (χ3v) is 6.19. The summed E-state index contributed by atoms with van der Waals surface area (Å²) in [5.74, 6) is -0.134. The molecule has 3 amide bonds. The Hall–Kier alpha value is -2.90. The van der Waals surface area contributed by atoms with E-state index < -0.39 is 6.04 Å². The van der Waals surface area contributed by atoms with Gasteiger partial charge in [0.1, 0.15) is 5.75 Å². The van der Waals surface area contributed by atoms with Crippen molar-refractivity contribution in [2.75, 3.05) is 30.4 Å². The van der Waals surface area contributed by atoms with Crippen molar-refractivity contribution in [1.29, 1.82) is 0 Å². The number of likely N-dealkylation sites (tertiary alicyclic amines) is 1. The van der Waals surface area contributed by atoms with Crippen LogP contribution in [0.15, 0.2) is 48.5 Å². The van der Waals surface area contributed by atoms with Crippen LogP contribution in [-0.2, 0) is 14.4 Å². The molecule has 2 fully saturated rings. The number of halogens is 1. The van der Waals surface area contributed by atoms with Crippen LogP contribution in [0.25, 0.3) is 0 Å². The zero-order valence-corrected chi connectivity index (χ0v) is 18.0. The van der Waals surface area contributed by atoms with Gasteiger partial charge in [-0.2, -0.15) is 0 Å². The molecule has 1 atom stereocenters. The molecule has 0 aromatic heterocycles. The zero-order valence-electron chi connectivity index (χ0n) is 17.2. The predicted octanol–water partition coefficient (Wildman–Crippen LogP) is 3.33. The Labute approximate surface area is 185 Å². The molecule has 0 radical (unpaired) electrons. The number of para-hydroxylation sites is 1. The molecule has 162 valence electrons. The van der Waals surface area contributed by atoms with Crippen molar-refractivity contribution >= 4 is 40.7 Å². The molecule has 2 heterocycles. The molecule has 2 aromatic carbocycles. The van der Waals surface area contributed by atoms with Crippen LogP contribution in [0, 0.1) is 5.92 Å². The van der Waals surface area contributed by atoms with Gasteiger partial charge >= 0.3 is 0 Å². The topological polar surface area (TPSA) is 79.0 Å². The first-order valence-corrected chi connectivity index (χ1v) is 10.7. The summed E-state index contributed by atoms with van der Waals surface area (Å²) in [5, 5.41) is 3.29. The molecule has 2 saturated heterocycles. The van der Waals surface area contributed by atoms with E-state index in [4.69, 9.17) is 16.3 Å². The van der Waals surface area contributed by atoms with Gasteiger partial charge in [-0.05, 0) is 56.3 Å². The smallest absolute Gasteiger partial charge is 0.251 e. The maximum atomic E-state index is 13.0. The molecule has 7 nitrogen and oxygen atoms in total. The van der Waals surface area contributed by atoms with E-state index >= 15 is 0 Å². The number of piperidine rings is 1. The van der Waals surface area contributed by atoms with Crippen LogP contribution in [0.1, 0.15) is 19.3 Å². The SMILES string of the molecule is COc1ccc(N2C(=O)C[C@@H](N3CCC(C(=O)Nc4ccccc4)CC3)C2=O)cc1Cl. The van der Waals surface area contributed by atoms with Crippen LogP contribution in [0.2, 0.25) is 5.02 Å². The first-order valence-electron chi connectivity index (χ1n) is 10.3. The summed E-state index contributed by atoms with van der Waals surface area (Å²) in [4.78, 5) is 41.4. The van der Waals surface area contributed by atoms with Crippen molar-refractivity contribution in [3.63, 3.8) is 0 Å². The van der Waals surface area contributed by atoms with Crippen LogP contribution in [-0.4, -0.2) is 48.9 Å². The number of amides is 3. The summed E-state index contributed by atoms with van der Waals surface area (Å²) in [7, 11) is 1.51. The molecule has 0 saturated carbocycles. The number of hydrogen-bond donors (Lipinski definition) is 1. The molecule has 0 spiro atoms. The number of nitrogens with one attached hydrogen (secondary N) is 1. The normalized spacial score (nSPS) is 20.2. The van der Waals surface area contributed by atoms with Gasteiger partial charge in [-0.1, -0.05) is 29.8 Å². The van der Waals surface area contributed by atoms with Gasteiger partial charge in [-0.25, -0.2) is 4.90 Å². The van der Waals surface area contributed by atoms with Crippen LogP contribution < -0.4 is 15.0 Å². The minimum absolute atomic E-state index is 0.00539. The minimum Gasteiger partial charge on any atom is -0.495 e. The van der Waals surface area contributed by atoms with Gasteiger partial charge in [0.25, 0.3) is 5.91 Å². The third-order valence-electron chi connectivity index (χ3n) is 5.90. The Morgan fingerprint density at radius 3 is 2.45 bits per heavy atom. The quantitative estimate of drug-likeness (QED) is 0.720. The number of hydrogen-bond acceptors (Lipinski definition) is 5. The number of methoxy groups -OCH3 is 1. The Balaban J connectivity index is 1.38. The molecule has 2 aliphatic rings. The summed E-state index contributed by atoms with van der Waals surface area (Å²) in [6.07, 6.45) is 1.42. The summed E-state index contributed by atoms with van der Waals surface area (Å²) in [6, 6.07) is 13.7. The first kappa shape index (κ1) is 21.3. The highest BCUT2D eigenvalue weighted by atomic mass is 35.5. The van der Waals surface area contributed by atoms with E-state index in [2.05, 4.69) is 5.32 Å². The van der Waals surface area contributed by atoms with Crippen LogP contribution >= 0.6 is 11.6 Å². The van der Waals surface area contributed by atoms with Crippen molar-refractivity contribution < 1.29 is 19.1 Å². The maximum absolute atomic E-state index is 13.0. The van der Waals surface area contributed by atoms with Crippen molar-refractivity contribution in [1.82, 2.24) is 4.90 Å². The predicted molar refractivity (Wildman–Crippen MR) is 118 cm³/mol. The summed E-state index contributed by atoms with van der Waals surface area (Å²) in [6.45, 7) is 1.18. The van der Waals surface area contributed by atoms with Gasteiger partial charge in [-0.15, -0.1) is 0 Å². The Morgan fingerprint density at radius 1 is 1.10 bits per heavy atom. The minimum atomic E-state index is -0.508. The number of benzene rings is 2. The van der Waals surface area contributed by atoms with Crippen molar-refractivity contribution in [3.8, 4) is 5.75 Å². The fourth-order valence-electron chi connectivity index (χ4n) is 4.21. The van der Waals surface area contributed by atoms with Crippen LogP contribution in [0.3, 0.4) is 0 Å². The van der Waals surface area contributed by atoms with Gasteiger partial charge < -0.3 is 10.1 Å². The molecule has 4 rings (SSSR count). The Kier molecular flexibility index (Phi) is 6.25. The lowest BCUT2D eigenvalue weighted by Gasteiger charge is -2.34. The second kappa shape index (κ2) is 9.08. The van der Waals surface area contributed by atoms with Gasteiger partial charge in [-0.3, -0.25) is 19.3 Å². The van der Waals surface area contributed by atoms with E-state index in [0.717, 1.165) is 5.69 Å². The fraction of sp³-hybridized carbons (Fsp3) is 0.348. The molecule has 0 bridgehead atoms. The van der Waals surface area contributed by atoms with E-state index in [1.165, 1.54) is 12.0 Å². The molecule has 0 aliphatic carbocycles. The van der Waals surface area contributed by atoms with E-state index in [1.807, 2.05) is 35.2 Å². The van der Waals surface area contributed by atoms with E-state index in [1.54, 1.807) is 18.2 Å². The zero-order chi connectivity index (χ0) is 22.0. The summed E-state index contributed by atoms with van der Waals surface area (Å²) in [5.41, 5.74) is 1.22. The van der Waals surface area contributed by atoms with Crippen molar-refractivity contribution in [2.45, 2.75) is 25.3 Å². The van der Waals surface area contributed by atoms with Crippen LogP contribution in [0.4, 0.5) is 11.4 Å². The number of ether oxygens (including phenoxy) is 1. The monoisotopic (exact) mass is 441 g/mol. The van der Waals surface area contributed by atoms with Crippen molar-refractivity contribution in [2.24, 2.45) is 5.92 Å². The van der Waals surface area contributed by atoms with Crippen LogP contribution in [0.5, 0.6) is 5.75 Å². The van der Waals surface area contributed by atoms with E-state index in [-0.39, 0.29) is 30.1 Å². The average Bonchev–Trinajstić information content (AvgIpc) is 3.08. The number of imide groups is 1. The largest absolute Gasteiger partial charge is 0.495 e. The lowest BCUT2D eigenvalue weighted by Crippen LogP contribution is -2.47. The average molecular weight is 442 g/mol. The highest BCUT2D eigenvalue weighted by Crippen LogP contribution is 2.33. The Bertz CT molecular complexity index is 990. The molecule has 31 heavy (non-hydrogen) atoms. The lowest BCUT2D eigenvalue weighted by atomic mass is 9.94. The number of rotatable bonds is 5. The molecule has 8 heteroatoms. The maximum Gasteiger partial charge on any atom is 0.251 e. The molecule has 0 unspecified atom stereocenters. The van der Waals surface area contributed by atoms with E-state index in [0.29, 0.717) is 42.4 Å². The van der Waals surface area contributed by atoms with Gasteiger partial charge in [0.05, 0.1) is 30.3 Å². The highest BCUT2D eigenvalue weighted by molar-refractivity contribution is 6.33. The standard InChI is InChI=1S/C23H24ClN3O4/c1-31-20-8-7-17(13-18(20)24)27-21(28)14-19(23(27)30)26-11-9-15(10-12-26)22(29)25-16-5-3-2-4-6-16/h2-8,13,15,19H,9-12,14H2,1H3,(H,25,29)/t19-/m1/s1. The van der Waals surface area contributed by atoms with Crippen molar-refractivity contribution in [3.05, 3.63) is 53.6 Å². The van der Waals surface area contributed by atoms with E-state index in [9.17, 15) is 14.4 Å². The molecular weight excluding hydrogens is 418 g/mol. The second-order valence-corrected chi connectivity index (χ2v) is 8.18. The number of nitrogens with zero attached hydrogens (tertiary/aromatic N) is 2. The van der Waals surface area contributed by atoms with Gasteiger partial charge in [0.15, 0.2) is 0 Å². The lowest BCUT2D eigenvalue weighted by molar-refractivity contribution is -0.123. The van der Waals surface area contributed by atoms with Gasteiger partial charge in [0, 0.05) is 11.6 Å². The summed E-state index contributed by atoms with van der Waals surface area (Å²) >= 11 is 6.17. The molecule has 2 aliphatic heterocycles. The summed E-state index contributed by atoms with van der Waals surface area (Å²) < 4.78 is 5.14. The highest BCUT2D eigenvalue weighted by Gasteiger charge is 2.44. The second-order valence-electron chi connectivity index (χ2n) is 7.77. The number of carbonyl (C=O) groups excluding carboxylic acids is 3. The molecule has 1 N–H and O–H groups in total. The molecular formula is C23H24ClN3O4. The first-order chi connectivity index (χ1) is 15.0. The Morgan fingerprint density at radius 2 is 1.81 bits per heavy atom. The number of carbonyl (C=O) groups is 3. The van der Waals surface area contributed by atoms with Gasteiger partial charge in [0.2, 0.25) is 11.8 Å². The third kappa shape index (κ3) is 4.43. The molecule has 2 aromatic rings.